The highest BCUT2D eigenvalue weighted by atomic mass is 35.5. The third-order valence-corrected chi connectivity index (χ3v) is 4.72. The van der Waals surface area contributed by atoms with E-state index >= 15 is 0 Å². The van der Waals surface area contributed by atoms with E-state index in [1.54, 1.807) is 9.24 Å². The van der Waals surface area contributed by atoms with Gasteiger partial charge in [0.15, 0.2) is 5.78 Å². The quantitative estimate of drug-likeness (QED) is 0.497. The summed E-state index contributed by atoms with van der Waals surface area (Å²) in [4.78, 5) is 13.2. The molecule has 3 rings (SSSR count). The Kier molecular flexibility index (Phi) is 6.31. The van der Waals surface area contributed by atoms with Crippen molar-refractivity contribution in [3.8, 4) is 0 Å². The normalized spacial score (nSPS) is 10.8. The summed E-state index contributed by atoms with van der Waals surface area (Å²) in [6.45, 7) is 0. The van der Waals surface area contributed by atoms with E-state index in [1.807, 2.05) is 54.6 Å². The zero-order valence-electron chi connectivity index (χ0n) is 13.4. The van der Waals surface area contributed by atoms with E-state index in [4.69, 9.17) is 0 Å². The fourth-order valence-corrected chi connectivity index (χ4v) is 3.61. The van der Waals surface area contributed by atoms with Crippen LogP contribution in [0.15, 0.2) is 91.0 Å². The number of rotatable bonds is 5. The van der Waals surface area contributed by atoms with Gasteiger partial charge in [-0.05, 0) is 25.9 Å². The van der Waals surface area contributed by atoms with Gasteiger partial charge in [0.25, 0.3) is 0 Å². The van der Waals surface area contributed by atoms with E-state index in [1.165, 1.54) is 0 Å². The average Bonchev–Trinajstić information content (AvgIpc) is 2.65. The van der Waals surface area contributed by atoms with Crippen molar-refractivity contribution in [3.05, 3.63) is 108 Å². The molecule has 0 fully saturated rings. The summed E-state index contributed by atoms with van der Waals surface area (Å²) in [6, 6.07) is 30.3. The molecule has 0 aromatic heterocycles. The van der Waals surface area contributed by atoms with Crippen molar-refractivity contribution in [1.29, 1.82) is 0 Å². The summed E-state index contributed by atoms with van der Waals surface area (Å²) in [5.41, 5.74) is 2.32. The molecule has 0 radical (unpaired) electrons. The van der Waals surface area contributed by atoms with E-state index in [0.717, 1.165) is 16.7 Å². The monoisotopic (exact) mass is 354 g/mol. The first-order valence-electron chi connectivity index (χ1n) is 7.79. The zero-order valence-corrected chi connectivity index (χ0v) is 15.5. The Morgan fingerprint density at radius 2 is 0.958 bits per heavy atom. The van der Waals surface area contributed by atoms with Crippen LogP contribution in [0.3, 0.4) is 0 Å². The second-order valence-corrected chi connectivity index (χ2v) is 6.02. The topological polar surface area (TPSA) is 17.1 Å². The number of carbonyl (C=O) groups excluding carboxylic acids is 1. The van der Waals surface area contributed by atoms with Crippen LogP contribution in [0.5, 0.6) is 0 Å². The third-order valence-electron chi connectivity index (χ3n) is 4.27. The fourth-order valence-electron chi connectivity index (χ4n) is 3.23. The summed E-state index contributed by atoms with van der Waals surface area (Å²) in [7, 11) is 1.72. The van der Waals surface area contributed by atoms with Crippen molar-refractivity contribution in [2.75, 3.05) is 6.16 Å². The number of benzene rings is 3. The molecule has 0 spiro atoms. The molecule has 0 bridgehead atoms. The summed E-state index contributed by atoms with van der Waals surface area (Å²) < 4.78 is 0. The molecule has 3 aromatic rings. The first-order valence-corrected chi connectivity index (χ1v) is 8.79. The van der Waals surface area contributed by atoms with Crippen LogP contribution in [0.4, 0.5) is 0 Å². The molecule has 0 saturated carbocycles. The van der Waals surface area contributed by atoms with Crippen molar-refractivity contribution < 1.29 is 17.2 Å². The third kappa shape index (κ3) is 3.15. The summed E-state index contributed by atoms with van der Waals surface area (Å²) in [5, 5.41) is 0. The summed E-state index contributed by atoms with van der Waals surface area (Å²) in [5.74, 6) is 0.222. The Morgan fingerprint density at radius 1 is 0.667 bits per heavy atom. The molecule has 1 nitrogen and oxygen atoms in total. The average molecular weight is 355 g/mol. The van der Waals surface area contributed by atoms with Crippen LogP contribution in [-0.2, 0) is 10.2 Å². The number of Topliss-reactive ketones (excluding diaryl/α,β-unsaturated/α-hetero) is 1. The molecule has 3 aromatic carbocycles. The van der Waals surface area contributed by atoms with E-state index < -0.39 is 5.41 Å². The molecule has 0 amide bonds. The molecule has 0 aliphatic heterocycles. The molecule has 0 N–H and O–H groups in total. The van der Waals surface area contributed by atoms with Crippen LogP contribution < -0.4 is 12.4 Å². The van der Waals surface area contributed by atoms with Gasteiger partial charge in [0.05, 0.1) is 0 Å². The van der Waals surface area contributed by atoms with Gasteiger partial charge >= 0.3 is 0 Å². The van der Waals surface area contributed by atoms with Crippen LogP contribution in [-0.4, -0.2) is 11.9 Å². The van der Waals surface area contributed by atoms with Crippen molar-refractivity contribution >= 4 is 15.0 Å². The van der Waals surface area contributed by atoms with Crippen LogP contribution in [0.1, 0.15) is 16.7 Å². The highest BCUT2D eigenvalue weighted by Gasteiger charge is 2.43. The minimum absolute atomic E-state index is 0. The lowest BCUT2D eigenvalue weighted by molar-refractivity contribution is -0.119. The molecule has 0 aliphatic rings. The van der Waals surface area contributed by atoms with Crippen molar-refractivity contribution in [2.45, 2.75) is 5.41 Å². The zero-order chi connectivity index (χ0) is 16.1. The lowest BCUT2D eigenvalue weighted by Gasteiger charge is -2.33. The molecule has 122 valence electrons. The van der Waals surface area contributed by atoms with E-state index in [2.05, 4.69) is 36.4 Å². The standard InChI is InChI=1S/C21H19OP.ClH/c22-20(16-23)21(17-10-4-1-5-11-17,18-12-6-2-7-13-18)19-14-8-3-9-15-19;/h1-15H,16,23H2;1H. The highest BCUT2D eigenvalue weighted by Crippen LogP contribution is 2.40. The van der Waals surface area contributed by atoms with Gasteiger partial charge in [-0.2, -0.15) is 0 Å². The highest BCUT2D eigenvalue weighted by molar-refractivity contribution is 7.18. The van der Waals surface area contributed by atoms with E-state index in [-0.39, 0.29) is 18.2 Å². The maximum atomic E-state index is 13.2. The number of halogens is 1. The van der Waals surface area contributed by atoms with Crippen molar-refractivity contribution in [1.82, 2.24) is 0 Å². The van der Waals surface area contributed by atoms with Gasteiger partial charge in [-0.1, -0.05) is 91.0 Å². The van der Waals surface area contributed by atoms with Gasteiger partial charge in [-0.15, -0.1) is 0 Å². The number of hydrogen-bond donors (Lipinski definition) is 0. The Bertz CT molecular complexity index is 676. The molecular formula is C21H20ClOP. The fraction of sp³-hybridized carbons (Fsp3) is 0.0952. The van der Waals surface area contributed by atoms with Gasteiger partial charge in [0.1, 0.15) is 11.6 Å². The summed E-state index contributed by atoms with van der Waals surface area (Å²) >= 11 is 0. The van der Waals surface area contributed by atoms with Gasteiger partial charge in [-0.25, -0.2) is 0 Å². The number of ketones is 1. The lowest BCUT2D eigenvalue weighted by Crippen LogP contribution is -3.00. The largest absolute Gasteiger partial charge is 1.00 e. The van der Waals surface area contributed by atoms with E-state index in [9.17, 15) is 4.79 Å². The Morgan fingerprint density at radius 3 is 1.21 bits per heavy atom. The first-order chi connectivity index (χ1) is 11.3. The van der Waals surface area contributed by atoms with Crippen LogP contribution in [0, 0.1) is 0 Å². The molecule has 24 heavy (non-hydrogen) atoms. The molecule has 0 heterocycles. The maximum Gasteiger partial charge on any atom is 0.188 e. The predicted octanol–water partition coefficient (Wildman–Crippen LogP) is 1.20. The molecule has 3 heteroatoms. The van der Waals surface area contributed by atoms with E-state index in [0.29, 0.717) is 6.16 Å². The molecule has 0 saturated heterocycles. The Hall–Kier alpha value is -1.95. The maximum absolute atomic E-state index is 13.2. The van der Waals surface area contributed by atoms with Crippen LogP contribution in [0.2, 0.25) is 0 Å². The molecule has 1 unspecified atom stereocenters. The second kappa shape index (κ2) is 8.24. The van der Waals surface area contributed by atoms with Crippen molar-refractivity contribution in [2.24, 2.45) is 0 Å². The smallest absolute Gasteiger partial charge is 0.188 e. The molecular weight excluding hydrogens is 335 g/mol. The number of carbonyl (C=O) groups is 1. The first kappa shape index (κ1) is 18.4. The molecule has 1 atom stereocenters. The van der Waals surface area contributed by atoms with Crippen LogP contribution in [0.25, 0.3) is 0 Å². The SMILES string of the molecule is O=C(C[PH3+])C(c1ccccc1)(c1ccccc1)c1ccccc1.[Cl-]. The lowest BCUT2D eigenvalue weighted by atomic mass is 9.67. The molecule has 0 aliphatic carbocycles. The predicted molar refractivity (Wildman–Crippen MR) is 100 cm³/mol. The van der Waals surface area contributed by atoms with Crippen LogP contribution >= 0.6 is 9.24 Å². The second-order valence-electron chi connectivity index (χ2n) is 5.52. The minimum atomic E-state index is -0.745. The van der Waals surface area contributed by atoms with Crippen molar-refractivity contribution in [3.63, 3.8) is 0 Å². The minimum Gasteiger partial charge on any atom is -1.00 e. The van der Waals surface area contributed by atoms with Gasteiger partial charge < -0.3 is 12.4 Å². The Balaban J connectivity index is 0.00000208. The summed E-state index contributed by atoms with van der Waals surface area (Å²) in [6.07, 6.45) is 0.513. The Labute approximate surface area is 151 Å². The number of hydrogen-bond acceptors (Lipinski definition) is 1. The van der Waals surface area contributed by atoms with Gasteiger partial charge in [0.2, 0.25) is 0 Å². The van der Waals surface area contributed by atoms with Gasteiger partial charge in [0, 0.05) is 0 Å². The van der Waals surface area contributed by atoms with Gasteiger partial charge in [-0.3, -0.25) is 4.79 Å².